The Morgan fingerprint density at radius 2 is 1.38 bits per heavy atom. The van der Waals surface area contributed by atoms with Crippen LogP contribution in [0.5, 0.6) is 0 Å². The molecule has 1 saturated carbocycles. The van der Waals surface area contributed by atoms with Gasteiger partial charge in [0.15, 0.2) is 0 Å². The molecule has 1 aliphatic carbocycles. The first kappa shape index (κ1) is 18.0. The minimum absolute atomic E-state index is 0.0873. The van der Waals surface area contributed by atoms with E-state index < -0.39 is 0 Å². The number of carbonyl (C=O) groups excluding carboxylic acids is 1. The monoisotopic (exact) mass is 228 g/mol. The lowest BCUT2D eigenvalue weighted by Crippen LogP contribution is -2.45. The second-order valence-electron chi connectivity index (χ2n) is 5.37. The molecule has 0 saturated heterocycles. The molecule has 0 radical (unpaired) electrons. The molecule has 0 heterocycles. The first-order valence-electron chi connectivity index (χ1n) is 6.83. The van der Waals surface area contributed by atoms with E-state index in [1.807, 2.05) is 27.7 Å². The summed E-state index contributed by atoms with van der Waals surface area (Å²) >= 11 is 0. The van der Waals surface area contributed by atoms with Crippen molar-refractivity contribution < 1.29 is 4.79 Å². The summed E-state index contributed by atoms with van der Waals surface area (Å²) < 4.78 is 0. The van der Waals surface area contributed by atoms with Crippen molar-refractivity contribution in [2.75, 3.05) is 0 Å². The molecule has 16 heavy (non-hydrogen) atoms. The predicted molar refractivity (Wildman–Crippen MR) is 73.7 cm³/mol. The van der Waals surface area contributed by atoms with E-state index in [0.717, 1.165) is 6.42 Å². The van der Waals surface area contributed by atoms with E-state index in [1.165, 1.54) is 6.42 Å². The maximum absolute atomic E-state index is 12.0. The third-order valence-corrected chi connectivity index (χ3v) is 3.63. The van der Waals surface area contributed by atoms with Crippen LogP contribution in [0, 0.1) is 16.7 Å². The zero-order valence-electron chi connectivity index (χ0n) is 12.9. The Labute approximate surface area is 103 Å². The van der Waals surface area contributed by atoms with E-state index in [9.17, 15) is 4.79 Å². The van der Waals surface area contributed by atoms with Gasteiger partial charge in [-0.25, -0.2) is 0 Å². The minimum atomic E-state index is -0.109. The maximum Gasteiger partial charge on any atom is 0.144 e. The van der Waals surface area contributed by atoms with Crippen LogP contribution in [-0.4, -0.2) is 5.78 Å². The van der Waals surface area contributed by atoms with Gasteiger partial charge in [-0.15, -0.1) is 0 Å². The topological polar surface area (TPSA) is 17.1 Å². The molecule has 0 amide bonds. The summed E-state index contributed by atoms with van der Waals surface area (Å²) in [5, 5.41) is 0. The molecule has 1 fully saturated rings. The van der Waals surface area contributed by atoms with Crippen molar-refractivity contribution in [3.63, 3.8) is 0 Å². The molecule has 1 unspecified atom stereocenters. The highest BCUT2D eigenvalue weighted by atomic mass is 16.1. The largest absolute Gasteiger partial charge is 0.298 e. The summed E-state index contributed by atoms with van der Waals surface area (Å²) in [5.74, 6) is 0.978. The van der Waals surface area contributed by atoms with Crippen molar-refractivity contribution in [3.05, 3.63) is 0 Å². The van der Waals surface area contributed by atoms with Gasteiger partial charge in [-0.3, -0.25) is 4.79 Å². The quantitative estimate of drug-likeness (QED) is 0.564. The molecule has 1 aliphatic rings. The molecule has 98 valence electrons. The van der Waals surface area contributed by atoms with Crippen molar-refractivity contribution in [3.8, 4) is 0 Å². The summed E-state index contributed by atoms with van der Waals surface area (Å²) in [5.41, 5.74) is -0.197. The van der Waals surface area contributed by atoms with Crippen LogP contribution < -0.4 is 0 Å². The normalized spacial score (nSPS) is 25.8. The van der Waals surface area contributed by atoms with Crippen LogP contribution in [0.2, 0.25) is 0 Å². The van der Waals surface area contributed by atoms with Crippen molar-refractivity contribution in [2.45, 2.75) is 75.2 Å². The third-order valence-electron chi connectivity index (χ3n) is 3.63. The predicted octanol–water partition coefficient (Wildman–Crippen LogP) is 5.09. The number of rotatable bonds is 0. The maximum atomic E-state index is 12.0. The van der Waals surface area contributed by atoms with Gasteiger partial charge in [-0.1, -0.05) is 62.3 Å². The van der Waals surface area contributed by atoms with Gasteiger partial charge in [-0.2, -0.15) is 0 Å². The summed E-state index contributed by atoms with van der Waals surface area (Å²) in [6, 6.07) is 0. The van der Waals surface area contributed by atoms with E-state index in [4.69, 9.17) is 0 Å². The molecular weight excluding hydrogens is 196 g/mol. The number of hydrogen-bond acceptors (Lipinski definition) is 1. The van der Waals surface area contributed by atoms with Crippen LogP contribution in [0.3, 0.4) is 0 Å². The van der Waals surface area contributed by atoms with Crippen LogP contribution in [0.25, 0.3) is 0 Å². The Kier molecular flexibility index (Phi) is 7.99. The molecule has 0 spiro atoms. The SMILES string of the molecule is CC.CC.CC1CCC(C)(C)C(=O)C1(C)C. The van der Waals surface area contributed by atoms with Crippen LogP contribution in [0.15, 0.2) is 0 Å². The Morgan fingerprint density at radius 3 is 1.69 bits per heavy atom. The summed E-state index contributed by atoms with van der Waals surface area (Å²) in [6.45, 7) is 18.5. The highest BCUT2D eigenvalue weighted by Gasteiger charge is 2.46. The molecule has 0 aromatic rings. The van der Waals surface area contributed by atoms with E-state index >= 15 is 0 Å². The smallest absolute Gasteiger partial charge is 0.144 e. The number of hydrogen-bond donors (Lipinski definition) is 0. The molecule has 0 aliphatic heterocycles. The van der Waals surface area contributed by atoms with Gasteiger partial charge in [0.2, 0.25) is 0 Å². The first-order valence-corrected chi connectivity index (χ1v) is 6.83. The second-order valence-corrected chi connectivity index (χ2v) is 5.37. The van der Waals surface area contributed by atoms with Crippen molar-refractivity contribution in [2.24, 2.45) is 16.7 Å². The van der Waals surface area contributed by atoms with Gasteiger partial charge in [0.25, 0.3) is 0 Å². The highest BCUT2D eigenvalue weighted by molar-refractivity contribution is 5.90. The number of carbonyl (C=O) groups is 1. The van der Waals surface area contributed by atoms with E-state index in [1.54, 1.807) is 0 Å². The lowest BCUT2D eigenvalue weighted by Gasteiger charge is -2.43. The van der Waals surface area contributed by atoms with Crippen LogP contribution >= 0.6 is 0 Å². The molecule has 1 nitrogen and oxygen atoms in total. The van der Waals surface area contributed by atoms with Gasteiger partial charge in [-0.05, 0) is 18.8 Å². The summed E-state index contributed by atoms with van der Waals surface area (Å²) in [6.07, 6.45) is 2.24. The van der Waals surface area contributed by atoms with Crippen molar-refractivity contribution >= 4 is 5.78 Å². The Bertz CT molecular complexity index is 201. The Morgan fingerprint density at radius 1 is 1.00 bits per heavy atom. The van der Waals surface area contributed by atoms with Gasteiger partial charge in [0.1, 0.15) is 5.78 Å². The number of Topliss-reactive ketones (excluding diaryl/α,β-unsaturated/α-hetero) is 1. The zero-order chi connectivity index (χ0) is 13.6. The zero-order valence-corrected chi connectivity index (χ0v) is 12.9. The van der Waals surface area contributed by atoms with Gasteiger partial charge in [0.05, 0.1) is 0 Å². The first-order chi connectivity index (χ1) is 7.28. The van der Waals surface area contributed by atoms with Crippen LogP contribution in [0.4, 0.5) is 0 Å². The molecule has 1 rings (SSSR count). The molecule has 0 aromatic heterocycles. The van der Waals surface area contributed by atoms with Crippen LogP contribution in [0.1, 0.15) is 75.2 Å². The molecular formula is C15H32O. The highest BCUT2D eigenvalue weighted by Crippen LogP contribution is 2.45. The van der Waals surface area contributed by atoms with Gasteiger partial charge < -0.3 is 0 Å². The molecule has 1 heteroatoms. The second kappa shape index (κ2) is 7.09. The fourth-order valence-electron chi connectivity index (χ4n) is 2.15. The van der Waals surface area contributed by atoms with Crippen LogP contribution in [-0.2, 0) is 4.79 Å². The molecule has 0 aromatic carbocycles. The fraction of sp³-hybridized carbons (Fsp3) is 0.933. The van der Waals surface area contributed by atoms with Gasteiger partial charge in [0, 0.05) is 10.8 Å². The fourth-order valence-corrected chi connectivity index (χ4v) is 2.15. The van der Waals surface area contributed by atoms with Crippen molar-refractivity contribution in [1.82, 2.24) is 0 Å². The lowest BCUT2D eigenvalue weighted by atomic mass is 9.59. The van der Waals surface area contributed by atoms with Gasteiger partial charge >= 0.3 is 0 Å². The molecule has 1 atom stereocenters. The Hall–Kier alpha value is -0.330. The Balaban J connectivity index is 0. The average Bonchev–Trinajstić information content (AvgIpc) is 2.28. The molecule has 0 bridgehead atoms. The average molecular weight is 228 g/mol. The number of ketones is 1. The lowest BCUT2D eigenvalue weighted by molar-refractivity contribution is -0.143. The standard InChI is InChI=1S/C11H20O.2C2H6/c1-8-6-7-10(2,3)9(12)11(8,4)5;2*1-2/h8H,6-7H2,1-5H3;2*1-2H3. The summed E-state index contributed by atoms with van der Waals surface area (Å²) in [4.78, 5) is 12.0. The molecule has 0 N–H and O–H groups in total. The van der Waals surface area contributed by atoms with Crippen molar-refractivity contribution in [1.29, 1.82) is 0 Å². The van der Waals surface area contributed by atoms with E-state index in [-0.39, 0.29) is 10.8 Å². The van der Waals surface area contributed by atoms with E-state index in [2.05, 4.69) is 34.6 Å². The van der Waals surface area contributed by atoms with E-state index in [0.29, 0.717) is 11.7 Å². The third kappa shape index (κ3) is 3.92. The summed E-state index contributed by atoms with van der Waals surface area (Å²) in [7, 11) is 0. The minimum Gasteiger partial charge on any atom is -0.298 e.